The molecular weight excluding hydrogens is 439 g/mol. The van der Waals surface area contributed by atoms with Crippen LogP contribution in [-0.4, -0.2) is 40.0 Å². The van der Waals surface area contributed by atoms with Gasteiger partial charge in [-0.05, 0) is 50.1 Å². The molecular formula is C25H25FN4O4. The van der Waals surface area contributed by atoms with Gasteiger partial charge in [-0.3, -0.25) is 14.5 Å². The second kappa shape index (κ2) is 8.74. The fraction of sp³-hybridized carbons (Fsp3) is 0.280. The summed E-state index contributed by atoms with van der Waals surface area (Å²) in [5.41, 5.74) is 1.34. The molecule has 2 amide bonds. The van der Waals surface area contributed by atoms with Crippen LogP contribution in [0.1, 0.15) is 44.6 Å². The summed E-state index contributed by atoms with van der Waals surface area (Å²) in [6.07, 6.45) is 1.35. The topological polar surface area (TPSA) is 93.5 Å². The van der Waals surface area contributed by atoms with Gasteiger partial charge in [-0.1, -0.05) is 29.8 Å². The van der Waals surface area contributed by atoms with Crippen molar-refractivity contribution in [1.29, 1.82) is 0 Å². The maximum absolute atomic E-state index is 13.8. The van der Waals surface area contributed by atoms with Crippen LogP contribution >= 0.6 is 0 Å². The summed E-state index contributed by atoms with van der Waals surface area (Å²) >= 11 is 0. The number of aromatic nitrogens is 2. The Kier molecular flexibility index (Phi) is 5.95. The number of carbonyl (C=O) groups is 3. The number of rotatable bonds is 5. The van der Waals surface area contributed by atoms with Gasteiger partial charge >= 0.3 is 5.97 Å². The first-order valence-corrected chi connectivity index (χ1v) is 10.7. The lowest BCUT2D eigenvalue weighted by Gasteiger charge is -2.44. The van der Waals surface area contributed by atoms with Gasteiger partial charge < -0.3 is 14.6 Å². The number of halogens is 1. The number of aryl methyl sites for hydroxylation is 2. The third-order valence-corrected chi connectivity index (χ3v) is 6.06. The summed E-state index contributed by atoms with van der Waals surface area (Å²) in [5.74, 6) is -2.22. The van der Waals surface area contributed by atoms with E-state index in [1.807, 2.05) is 31.2 Å². The summed E-state index contributed by atoms with van der Waals surface area (Å²) < 4.78 is 20.1. The minimum absolute atomic E-state index is 0.0133. The van der Waals surface area contributed by atoms with E-state index in [0.29, 0.717) is 11.3 Å². The van der Waals surface area contributed by atoms with E-state index in [-0.39, 0.29) is 24.5 Å². The largest absolute Gasteiger partial charge is 0.464 e. The fourth-order valence-electron chi connectivity index (χ4n) is 4.20. The molecule has 2 aromatic carbocycles. The van der Waals surface area contributed by atoms with Gasteiger partial charge in [-0.25, -0.2) is 14.2 Å². The zero-order valence-electron chi connectivity index (χ0n) is 19.4. The molecule has 4 rings (SSSR count). The van der Waals surface area contributed by atoms with Crippen molar-refractivity contribution in [2.45, 2.75) is 39.4 Å². The molecule has 3 aromatic rings. The van der Waals surface area contributed by atoms with E-state index < -0.39 is 29.1 Å². The highest BCUT2D eigenvalue weighted by atomic mass is 19.1. The number of nitrogens with one attached hydrogen (secondary N) is 1. The van der Waals surface area contributed by atoms with Crippen LogP contribution in [0.5, 0.6) is 0 Å². The van der Waals surface area contributed by atoms with Gasteiger partial charge in [0, 0.05) is 12.2 Å². The monoisotopic (exact) mass is 464 g/mol. The second-order valence-corrected chi connectivity index (χ2v) is 8.57. The third-order valence-electron chi connectivity index (χ3n) is 6.06. The van der Waals surface area contributed by atoms with Crippen LogP contribution in [0, 0.1) is 19.7 Å². The van der Waals surface area contributed by atoms with Gasteiger partial charge in [0.15, 0.2) is 5.69 Å². The Hall–Kier alpha value is -4.01. The van der Waals surface area contributed by atoms with Crippen LogP contribution in [0.3, 0.4) is 0 Å². The lowest BCUT2D eigenvalue weighted by molar-refractivity contribution is -0.126. The van der Waals surface area contributed by atoms with Crippen LogP contribution < -0.4 is 10.2 Å². The lowest BCUT2D eigenvalue weighted by atomic mass is 9.92. The van der Waals surface area contributed by atoms with E-state index in [4.69, 9.17) is 4.74 Å². The van der Waals surface area contributed by atoms with Gasteiger partial charge in [-0.15, -0.1) is 0 Å². The number of carbonyl (C=O) groups excluding carboxylic acids is 3. The molecule has 2 heterocycles. The molecule has 176 valence electrons. The number of amides is 2. The van der Waals surface area contributed by atoms with Crippen LogP contribution in [0.15, 0.2) is 48.8 Å². The van der Waals surface area contributed by atoms with Crippen molar-refractivity contribution < 1.29 is 23.5 Å². The van der Waals surface area contributed by atoms with E-state index in [0.717, 1.165) is 11.1 Å². The van der Waals surface area contributed by atoms with E-state index in [2.05, 4.69) is 10.3 Å². The Morgan fingerprint density at radius 1 is 1.18 bits per heavy atom. The molecule has 34 heavy (non-hydrogen) atoms. The van der Waals surface area contributed by atoms with Gasteiger partial charge in [0.05, 0.1) is 20.0 Å². The zero-order chi connectivity index (χ0) is 24.6. The highest BCUT2D eigenvalue weighted by molar-refractivity contribution is 6.15. The van der Waals surface area contributed by atoms with Crippen LogP contribution in [0.25, 0.3) is 0 Å². The minimum Gasteiger partial charge on any atom is -0.464 e. The number of benzene rings is 2. The Bertz CT molecular complexity index is 1280. The fourth-order valence-corrected chi connectivity index (χ4v) is 4.20. The number of nitrogens with zero attached hydrogens (tertiary/aromatic N) is 3. The van der Waals surface area contributed by atoms with E-state index in [9.17, 15) is 18.8 Å². The molecule has 9 heteroatoms. The first-order chi connectivity index (χ1) is 16.2. The number of hydrogen-bond acceptors (Lipinski definition) is 5. The molecule has 0 spiro atoms. The molecule has 0 radical (unpaired) electrons. The molecule has 0 unspecified atom stereocenters. The summed E-state index contributed by atoms with van der Waals surface area (Å²) in [4.78, 5) is 44.9. The quantitative estimate of drug-likeness (QED) is 0.586. The predicted octanol–water partition coefficient (Wildman–Crippen LogP) is 3.16. The summed E-state index contributed by atoms with van der Waals surface area (Å²) in [6.45, 7) is 5.57. The molecule has 8 nitrogen and oxygen atoms in total. The number of methoxy groups -OCH3 is 1. The van der Waals surface area contributed by atoms with E-state index in [1.54, 1.807) is 13.8 Å². The average molecular weight is 464 g/mol. The maximum atomic E-state index is 13.8. The van der Waals surface area contributed by atoms with Gasteiger partial charge in [0.25, 0.3) is 5.91 Å². The SMILES string of the molecule is COC(=O)c1ncn2c1C(=O)N(c1ccc(F)cc1C)[C@@](C)(C(=O)NCc1ccc(C)cc1)C2. The molecule has 1 aliphatic heterocycles. The van der Waals surface area contributed by atoms with Gasteiger partial charge in [-0.2, -0.15) is 0 Å². The standard InChI is InChI=1S/C25H25FN4O4/c1-15-5-7-17(8-6-15)12-27-24(33)25(3)13-29-14-28-20(23(32)34-4)21(29)22(31)30(25)19-10-9-18(26)11-16(19)2/h5-11,14H,12-13H2,1-4H3,(H,27,33)/t25-/m1/s1. The molecule has 1 atom stereocenters. The van der Waals surface area contributed by atoms with Crippen LogP contribution in [0.2, 0.25) is 0 Å². The molecule has 1 N–H and O–H groups in total. The molecule has 0 aliphatic carbocycles. The number of hydrogen-bond donors (Lipinski definition) is 1. The Labute approximate surface area is 196 Å². The number of anilines is 1. The van der Waals surface area contributed by atoms with Crippen molar-refractivity contribution in [3.63, 3.8) is 0 Å². The Morgan fingerprint density at radius 2 is 1.88 bits per heavy atom. The van der Waals surface area contributed by atoms with Crippen molar-refractivity contribution >= 4 is 23.5 Å². The third kappa shape index (κ3) is 3.93. The van der Waals surface area contributed by atoms with Crippen molar-refractivity contribution in [1.82, 2.24) is 14.9 Å². The summed E-state index contributed by atoms with van der Waals surface area (Å²) in [6, 6.07) is 11.7. The van der Waals surface area contributed by atoms with Crippen LogP contribution in [-0.2, 0) is 22.6 Å². The number of fused-ring (bicyclic) bond motifs is 1. The second-order valence-electron chi connectivity index (χ2n) is 8.57. The molecule has 0 fully saturated rings. The summed E-state index contributed by atoms with van der Waals surface area (Å²) in [7, 11) is 1.20. The van der Waals surface area contributed by atoms with Crippen molar-refractivity contribution in [2.75, 3.05) is 12.0 Å². The molecule has 0 saturated heterocycles. The Morgan fingerprint density at radius 3 is 2.53 bits per heavy atom. The van der Waals surface area contributed by atoms with Crippen molar-refractivity contribution in [3.05, 3.63) is 82.7 Å². The van der Waals surface area contributed by atoms with E-state index in [1.165, 1.54) is 41.1 Å². The smallest absolute Gasteiger partial charge is 0.359 e. The Balaban J connectivity index is 1.77. The first-order valence-electron chi connectivity index (χ1n) is 10.7. The number of esters is 1. The highest BCUT2D eigenvalue weighted by Gasteiger charge is 2.50. The number of ether oxygens (including phenoxy) is 1. The van der Waals surface area contributed by atoms with Crippen molar-refractivity contribution in [3.8, 4) is 0 Å². The molecule has 1 aliphatic rings. The predicted molar refractivity (Wildman–Crippen MR) is 123 cm³/mol. The van der Waals surface area contributed by atoms with Crippen LogP contribution in [0.4, 0.5) is 10.1 Å². The summed E-state index contributed by atoms with van der Waals surface area (Å²) in [5, 5.41) is 2.92. The zero-order valence-corrected chi connectivity index (χ0v) is 19.4. The van der Waals surface area contributed by atoms with Crippen molar-refractivity contribution in [2.24, 2.45) is 0 Å². The van der Waals surface area contributed by atoms with Gasteiger partial charge in [0.2, 0.25) is 5.91 Å². The lowest BCUT2D eigenvalue weighted by Crippen LogP contribution is -2.64. The van der Waals surface area contributed by atoms with Gasteiger partial charge in [0.1, 0.15) is 17.1 Å². The normalized spacial score (nSPS) is 17.3. The molecule has 0 saturated carbocycles. The average Bonchev–Trinajstić information content (AvgIpc) is 3.23. The molecule has 0 bridgehead atoms. The minimum atomic E-state index is -1.38. The number of imidazole rings is 1. The highest BCUT2D eigenvalue weighted by Crippen LogP contribution is 2.35. The van der Waals surface area contributed by atoms with E-state index >= 15 is 0 Å². The first kappa shape index (κ1) is 23.2. The maximum Gasteiger partial charge on any atom is 0.359 e. The molecule has 1 aromatic heterocycles.